The summed E-state index contributed by atoms with van der Waals surface area (Å²) in [7, 11) is 0. The van der Waals surface area contributed by atoms with Crippen LogP contribution in [0.4, 0.5) is 0 Å². The zero-order valence-electron chi connectivity index (χ0n) is 11.1. The van der Waals surface area contributed by atoms with Gasteiger partial charge in [0.05, 0.1) is 0 Å². The number of thiophene rings is 1. The monoisotopic (exact) mass is 282 g/mol. The molecule has 0 aromatic carbocycles. The molecule has 0 radical (unpaired) electrons. The van der Waals surface area contributed by atoms with E-state index >= 15 is 0 Å². The number of nitrogens with zero attached hydrogens (tertiary/aromatic N) is 1. The Morgan fingerprint density at radius 3 is 2.83 bits per heavy atom. The Labute approximate surface area is 118 Å². The first-order valence-corrected chi connectivity index (χ1v) is 8.90. The number of hydrogen-bond acceptors (Lipinski definition) is 4. The Morgan fingerprint density at radius 2 is 2.11 bits per heavy atom. The van der Waals surface area contributed by atoms with Gasteiger partial charge in [-0.2, -0.15) is 11.8 Å². The molecule has 0 spiro atoms. The Bertz CT molecular complexity index is 392. The maximum Gasteiger partial charge on any atom is 0.0302 e. The lowest BCUT2D eigenvalue weighted by molar-refractivity contribution is 0.294. The average Bonchev–Trinajstić information content (AvgIpc) is 3.15. The molecule has 1 N–H and O–H groups in total. The second kappa shape index (κ2) is 5.95. The largest absolute Gasteiger partial charge is 0.309 e. The summed E-state index contributed by atoms with van der Waals surface area (Å²) >= 11 is 4.07. The third kappa shape index (κ3) is 3.50. The van der Waals surface area contributed by atoms with Crippen molar-refractivity contribution in [2.45, 2.75) is 38.9 Å². The topological polar surface area (TPSA) is 15.3 Å². The Balaban J connectivity index is 1.56. The predicted octanol–water partition coefficient (Wildman–Crippen LogP) is 2.86. The summed E-state index contributed by atoms with van der Waals surface area (Å²) in [6, 6.07) is 3.24. The zero-order valence-corrected chi connectivity index (χ0v) is 12.7. The molecule has 18 heavy (non-hydrogen) atoms. The molecule has 0 unspecified atom stereocenters. The fraction of sp³-hybridized carbons (Fsp3) is 0.714. The molecule has 1 aromatic heterocycles. The van der Waals surface area contributed by atoms with Gasteiger partial charge >= 0.3 is 0 Å². The van der Waals surface area contributed by atoms with Crippen molar-refractivity contribution in [3.05, 3.63) is 21.4 Å². The molecular formula is C14H22N2S2. The van der Waals surface area contributed by atoms with Gasteiger partial charge in [0.25, 0.3) is 0 Å². The number of thioether (sulfide) groups is 1. The van der Waals surface area contributed by atoms with Gasteiger partial charge in [-0.3, -0.25) is 4.90 Å². The Hall–Kier alpha value is -0.0300. The van der Waals surface area contributed by atoms with E-state index in [1.807, 2.05) is 11.3 Å². The summed E-state index contributed by atoms with van der Waals surface area (Å²) in [5.41, 5.74) is 1.56. The molecule has 100 valence electrons. The molecule has 2 heterocycles. The van der Waals surface area contributed by atoms with Gasteiger partial charge in [-0.25, -0.2) is 0 Å². The van der Waals surface area contributed by atoms with Crippen LogP contribution in [-0.2, 0) is 13.1 Å². The van der Waals surface area contributed by atoms with Crippen LogP contribution in [0.2, 0.25) is 0 Å². The van der Waals surface area contributed by atoms with Gasteiger partial charge in [0.1, 0.15) is 0 Å². The third-order valence-electron chi connectivity index (χ3n) is 3.71. The molecule has 0 amide bonds. The highest BCUT2D eigenvalue weighted by molar-refractivity contribution is 7.99. The van der Waals surface area contributed by atoms with Crippen molar-refractivity contribution < 1.29 is 0 Å². The molecule has 1 aliphatic carbocycles. The number of aryl methyl sites for hydroxylation is 1. The van der Waals surface area contributed by atoms with E-state index in [1.165, 1.54) is 47.2 Å². The molecule has 2 fully saturated rings. The quantitative estimate of drug-likeness (QED) is 0.894. The van der Waals surface area contributed by atoms with Gasteiger partial charge in [-0.15, -0.1) is 11.3 Å². The van der Waals surface area contributed by atoms with E-state index in [2.05, 4.69) is 35.0 Å². The molecule has 1 aromatic rings. The fourth-order valence-corrected chi connectivity index (χ4v) is 4.35. The van der Waals surface area contributed by atoms with Crippen LogP contribution in [0.5, 0.6) is 0 Å². The molecule has 1 aliphatic heterocycles. The first-order valence-electron chi connectivity index (χ1n) is 6.93. The van der Waals surface area contributed by atoms with E-state index in [4.69, 9.17) is 0 Å². The van der Waals surface area contributed by atoms with Crippen LogP contribution in [0.1, 0.15) is 28.2 Å². The van der Waals surface area contributed by atoms with Crippen molar-refractivity contribution in [3.63, 3.8) is 0 Å². The maximum atomic E-state index is 3.61. The van der Waals surface area contributed by atoms with E-state index in [-0.39, 0.29) is 0 Å². The SMILES string of the molecule is Cc1sc(CNC2CC2)cc1CN1CCSCC1. The highest BCUT2D eigenvalue weighted by atomic mass is 32.2. The number of rotatable bonds is 5. The van der Waals surface area contributed by atoms with Crippen molar-refractivity contribution in [1.29, 1.82) is 0 Å². The van der Waals surface area contributed by atoms with Crippen LogP contribution in [0.15, 0.2) is 6.07 Å². The van der Waals surface area contributed by atoms with E-state index in [0.29, 0.717) is 0 Å². The third-order valence-corrected chi connectivity index (χ3v) is 5.75. The second-order valence-corrected chi connectivity index (χ2v) is 7.90. The molecule has 0 bridgehead atoms. The molecule has 1 saturated carbocycles. The van der Waals surface area contributed by atoms with Gasteiger partial charge < -0.3 is 5.32 Å². The van der Waals surface area contributed by atoms with Gasteiger partial charge in [-0.05, 0) is 31.4 Å². The summed E-state index contributed by atoms with van der Waals surface area (Å²) in [5, 5.41) is 3.61. The van der Waals surface area contributed by atoms with Gasteiger partial charge in [0.15, 0.2) is 0 Å². The van der Waals surface area contributed by atoms with Crippen molar-refractivity contribution in [3.8, 4) is 0 Å². The van der Waals surface area contributed by atoms with Crippen molar-refractivity contribution in [1.82, 2.24) is 10.2 Å². The standard InChI is InChI=1S/C14H22N2S2/c1-11-12(10-16-4-6-17-7-5-16)8-14(18-11)9-15-13-2-3-13/h8,13,15H,2-7,9-10H2,1H3. The molecule has 2 aliphatic rings. The van der Waals surface area contributed by atoms with Crippen molar-refractivity contribution in [2.24, 2.45) is 0 Å². The zero-order chi connectivity index (χ0) is 12.4. The summed E-state index contributed by atoms with van der Waals surface area (Å²) < 4.78 is 0. The molecule has 0 atom stereocenters. The molecular weight excluding hydrogens is 260 g/mol. The number of hydrogen-bond donors (Lipinski definition) is 1. The Kier molecular flexibility index (Phi) is 4.29. The lowest BCUT2D eigenvalue weighted by atomic mass is 10.2. The lowest BCUT2D eigenvalue weighted by Crippen LogP contribution is -2.32. The predicted molar refractivity (Wildman–Crippen MR) is 81.5 cm³/mol. The normalized spacial score (nSPS) is 21.4. The van der Waals surface area contributed by atoms with Crippen LogP contribution >= 0.6 is 23.1 Å². The Morgan fingerprint density at radius 1 is 1.33 bits per heavy atom. The molecule has 4 heteroatoms. The van der Waals surface area contributed by atoms with Crippen LogP contribution in [0, 0.1) is 6.92 Å². The molecule has 3 rings (SSSR count). The van der Waals surface area contributed by atoms with Crippen molar-refractivity contribution >= 4 is 23.1 Å². The first kappa shape index (κ1) is 13.0. The summed E-state index contributed by atoms with van der Waals surface area (Å²) in [5.74, 6) is 2.61. The first-order chi connectivity index (χ1) is 8.81. The molecule has 1 saturated heterocycles. The van der Waals surface area contributed by atoms with E-state index in [0.717, 1.165) is 19.1 Å². The minimum atomic E-state index is 0.815. The lowest BCUT2D eigenvalue weighted by Gasteiger charge is -2.25. The summed E-state index contributed by atoms with van der Waals surface area (Å²) in [6.45, 7) is 7.03. The second-order valence-electron chi connectivity index (χ2n) is 5.34. The average molecular weight is 282 g/mol. The van der Waals surface area contributed by atoms with E-state index < -0.39 is 0 Å². The highest BCUT2D eigenvalue weighted by Crippen LogP contribution is 2.25. The maximum absolute atomic E-state index is 3.61. The number of nitrogens with one attached hydrogen (secondary N) is 1. The van der Waals surface area contributed by atoms with Crippen molar-refractivity contribution in [2.75, 3.05) is 24.6 Å². The smallest absolute Gasteiger partial charge is 0.0302 e. The summed E-state index contributed by atoms with van der Waals surface area (Å²) in [4.78, 5) is 5.63. The van der Waals surface area contributed by atoms with E-state index in [9.17, 15) is 0 Å². The van der Waals surface area contributed by atoms with Crippen LogP contribution < -0.4 is 5.32 Å². The van der Waals surface area contributed by atoms with Gasteiger partial charge in [-0.1, -0.05) is 0 Å². The fourth-order valence-electron chi connectivity index (χ4n) is 2.36. The minimum Gasteiger partial charge on any atom is -0.309 e. The van der Waals surface area contributed by atoms with Crippen LogP contribution in [-0.4, -0.2) is 35.5 Å². The van der Waals surface area contributed by atoms with Gasteiger partial charge in [0, 0.05) is 53.5 Å². The highest BCUT2D eigenvalue weighted by Gasteiger charge is 2.20. The van der Waals surface area contributed by atoms with Crippen LogP contribution in [0.3, 0.4) is 0 Å². The van der Waals surface area contributed by atoms with Crippen LogP contribution in [0.25, 0.3) is 0 Å². The summed E-state index contributed by atoms with van der Waals surface area (Å²) in [6.07, 6.45) is 2.76. The minimum absolute atomic E-state index is 0.815. The van der Waals surface area contributed by atoms with E-state index in [1.54, 1.807) is 5.56 Å². The van der Waals surface area contributed by atoms with Gasteiger partial charge in [0.2, 0.25) is 0 Å². The molecule has 2 nitrogen and oxygen atoms in total.